The summed E-state index contributed by atoms with van der Waals surface area (Å²) in [6.45, 7) is 12.0. The smallest absolute Gasteiger partial charge is 0.408 e. The molecule has 0 aliphatic heterocycles. The van der Waals surface area contributed by atoms with Crippen LogP contribution in [-0.2, 0) is 4.74 Å². The summed E-state index contributed by atoms with van der Waals surface area (Å²) in [4.78, 5) is 11.9. The normalized spacial score (nSPS) is 13.1. The van der Waals surface area contributed by atoms with Gasteiger partial charge in [0.2, 0.25) is 0 Å². The van der Waals surface area contributed by atoms with Crippen molar-refractivity contribution in [2.24, 2.45) is 0 Å². The second-order valence-electron chi connectivity index (χ2n) is 7.35. The molecule has 126 valence electrons. The highest BCUT2D eigenvalue weighted by Crippen LogP contribution is 2.15. The summed E-state index contributed by atoms with van der Waals surface area (Å²) in [5.41, 5.74) is 0.789. The average molecular weight is 317 g/mol. The third kappa shape index (κ3) is 7.16. The van der Waals surface area contributed by atoms with E-state index in [9.17, 15) is 4.79 Å². The van der Waals surface area contributed by atoms with E-state index in [2.05, 4.69) is 16.7 Å². The first-order valence-corrected chi connectivity index (χ1v) is 7.77. The van der Waals surface area contributed by atoms with Gasteiger partial charge in [0.05, 0.1) is 17.2 Å². The molecule has 1 atom stereocenters. The monoisotopic (exact) mass is 317 g/mol. The molecule has 5 heteroatoms. The van der Waals surface area contributed by atoms with Crippen LogP contribution < -0.4 is 10.6 Å². The molecule has 0 saturated carbocycles. The molecule has 5 nitrogen and oxygen atoms in total. The molecule has 0 aromatic heterocycles. The predicted molar refractivity (Wildman–Crippen MR) is 91.0 cm³/mol. The third-order valence-electron chi connectivity index (χ3n) is 3.23. The number of carbonyl (C=O) groups excluding carboxylic acids is 1. The van der Waals surface area contributed by atoms with Gasteiger partial charge in [-0.1, -0.05) is 12.1 Å². The number of alkyl carbamates (subject to hydrolysis) is 1. The molecule has 23 heavy (non-hydrogen) atoms. The van der Waals surface area contributed by atoms with Gasteiger partial charge in [0.25, 0.3) is 0 Å². The van der Waals surface area contributed by atoms with Gasteiger partial charge in [0.1, 0.15) is 5.60 Å². The summed E-state index contributed by atoms with van der Waals surface area (Å²) < 4.78 is 5.28. The van der Waals surface area contributed by atoms with E-state index >= 15 is 0 Å². The molecule has 0 saturated heterocycles. The molecule has 1 aromatic rings. The van der Waals surface area contributed by atoms with Crippen LogP contribution in [0.5, 0.6) is 0 Å². The van der Waals surface area contributed by atoms with Crippen LogP contribution in [0.25, 0.3) is 0 Å². The predicted octanol–water partition coefficient (Wildman–Crippen LogP) is 3.51. The summed E-state index contributed by atoms with van der Waals surface area (Å²) in [6, 6.07) is 9.70. The number of hydrogen-bond donors (Lipinski definition) is 2. The highest BCUT2D eigenvalue weighted by atomic mass is 16.6. The van der Waals surface area contributed by atoms with Crippen LogP contribution in [-0.4, -0.2) is 23.8 Å². The van der Waals surface area contributed by atoms with Crippen LogP contribution in [0.4, 0.5) is 4.79 Å². The van der Waals surface area contributed by atoms with Crippen molar-refractivity contribution < 1.29 is 9.53 Å². The number of carbonyl (C=O) groups is 1. The number of rotatable bonds is 5. The van der Waals surface area contributed by atoms with Gasteiger partial charge < -0.3 is 15.4 Å². The Morgan fingerprint density at radius 3 is 2.26 bits per heavy atom. The summed E-state index contributed by atoms with van der Waals surface area (Å²) in [7, 11) is 0. The van der Waals surface area contributed by atoms with Crippen LogP contribution >= 0.6 is 0 Å². The highest BCUT2D eigenvalue weighted by molar-refractivity contribution is 5.68. The van der Waals surface area contributed by atoms with E-state index in [4.69, 9.17) is 10.00 Å². The molecular formula is C18H27N3O2. The fourth-order valence-electron chi connectivity index (χ4n) is 2.00. The lowest BCUT2D eigenvalue weighted by Crippen LogP contribution is -2.51. The molecule has 0 aliphatic rings. The van der Waals surface area contributed by atoms with Gasteiger partial charge >= 0.3 is 6.09 Å². The fourth-order valence-corrected chi connectivity index (χ4v) is 2.00. The Balaban J connectivity index is 2.54. The molecule has 0 aliphatic carbocycles. The van der Waals surface area contributed by atoms with E-state index in [0.29, 0.717) is 12.1 Å². The van der Waals surface area contributed by atoms with E-state index in [0.717, 1.165) is 5.56 Å². The fraction of sp³-hybridized carbons (Fsp3) is 0.556. The topological polar surface area (TPSA) is 74.2 Å². The Kier molecular flexibility index (Phi) is 6.17. The number of ether oxygens (including phenoxy) is 1. The van der Waals surface area contributed by atoms with Gasteiger partial charge in [-0.05, 0) is 59.2 Å². The first-order chi connectivity index (χ1) is 10.5. The van der Waals surface area contributed by atoms with Crippen LogP contribution in [0.15, 0.2) is 24.3 Å². The highest BCUT2D eigenvalue weighted by Gasteiger charge is 2.25. The van der Waals surface area contributed by atoms with E-state index in [-0.39, 0.29) is 6.04 Å². The van der Waals surface area contributed by atoms with Gasteiger partial charge in [-0.25, -0.2) is 4.79 Å². The first kappa shape index (κ1) is 19.0. The number of nitriles is 1. The number of hydrogen-bond acceptors (Lipinski definition) is 4. The minimum Gasteiger partial charge on any atom is -0.444 e. The third-order valence-corrected chi connectivity index (χ3v) is 3.23. The molecule has 2 N–H and O–H groups in total. The van der Waals surface area contributed by atoms with Crippen LogP contribution in [0.2, 0.25) is 0 Å². The largest absolute Gasteiger partial charge is 0.444 e. The maximum absolute atomic E-state index is 11.9. The van der Waals surface area contributed by atoms with E-state index in [1.807, 2.05) is 53.7 Å². The first-order valence-electron chi connectivity index (χ1n) is 7.77. The van der Waals surface area contributed by atoms with Gasteiger partial charge in [-0.2, -0.15) is 5.26 Å². The standard InChI is InChI=1S/C18H27N3O2/c1-13(15-9-7-14(11-19)8-10-15)20-12-18(5,6)21-16(22)23-17(2,3)4/h7-10,13,20H,12H2,1-6H3,(H,21,22). The summed E-state index contributed by atoms with van der Waals surface area (Å²) in [5, 5.41) is 15.1. The summed E-state index contributed by atoms with van der Waals surface area (Å²) in [6.07, 6.45) is -0.421. The zero-order chi connectivity index (χ0) is 17.7. The van der Waals surface area contributed by atoms with Crippen molar-refractivity contribution in [1.82, 2.24) is 10.6 Å². The molecule has 0 fully saturated rings. The average Bonchev–Trinajstić information content (AvgIpc) is 2.42. The molecule has 0 bridgehead atoms. The molecule has 0 heterocycles. The zero-order valence-corrected chi connectivity index (χ0v) is 14.9. The van der Waals surface area contributed by atoms with E-state index in [1.165, 1.54) is 0 Å². The summed E-state index contributed by atoms with van der Waals surface area (Å²) in [5.74, 6) is 0. The minimum atomic E-state index is -0.511. The Hall–Kier alpha value is -2.06. The summed E-state index contributed by atoms with van der Waals surface area (Å²) >= 11 is 0. The molecular weight excluding hydrogens is 290 g/mol. The molecule has 1 unspecified atom stereocenters. The lowest BCUT2D eigenvalue weighted by atomic mass is 10.0. The SMILES string of the molecule is CC(NCC(C)(C)NC(=O)OC(C)(C)C)c1ccc(C#N)cc1. The second kappa shape index (κ2) is 7.47. The minimum absolute atomic E-state index is 0.113. The maximum Gasteiger partial charge on any atom is 0.408 e. The molecule has 1 rings (SSSR count). The lowest BCUT2D eigenvalue weighted by Gasteiger charge is -2.30. The Labute approximate surface area is 139 Å². The Bertz CT molecular complexity index is 565. The van der Waals surface area contributed by atoms with Crippen LogP contribution in [0.1, 0.15) is 58.7 Å². The maximum atomic E-state index is 11.9. The van der Waals surface area contributed by atoms with Crippen molar-refractivity contribution >= 4 is 6.09 Å². The number of benzene rings is 1. The van der Waals surface area contributed by atoms with E-state index in [1.54, 1.807) is 12.1 Å². The molecule has 1 aromatic carbocycles. The van der Waals surface area contributed by atoms with Crippen molar-refractivity contribution in [2.75, 3.05) is 6.54 Å². The molecule has 1 amide bonds. The Morgan fingerprint density at radius 1 is 1.22 bits per heavy atom. The van der Waals surface area contributed by atoms with Crippen LogP contribution in [0.3, 0.4) is 0 Å². The lowest BCUT2D eigenvalue weighted by molar-refractivity contribution is 0.0471. The number of nitrogens with zero attached hydrogens (tertiary/aromatic N) is 1. The quantitative estimate of drug-likeness (QED) is 0.871. The van der Waals surface area contributed by atoms with Gasteiger partial charge in [0, 0.05) is 12.6 Å². The Morgan fingerprint density at radius 2 is 1.78 bits per heavy atom. The second-order valence-corrected chi connectivity index (χ2v) is 7.35. The van der Waals surface area contributed by atoms with Gasteiger partial charge in [-0.15, -0.1) is 0 Å². The van der Waals surface area contributed by atoms with Crippen molar-refractivity contribution in [3.63, 3.8) is 0 Å². The number of nitrogens with one attached hydrogen (secondary N) is 2. The molecule has 0 spiro atoms. The van der Waals surface area contributed by atoms with Gasteiger partial charge in [0.15, 0.2) is 0 Å². The number of amides is 1. The zero-order valence-electron chi connectivity index (χ0n) is 14.9. The van der Waals surface area contributed by atoms with Crippen molar-refractivity contribution in [2.45, 2.75) is 58.7 Å². The molecule has 0 radical (unpaired) electrons. The van der Waals surface area contributed by atoms with Gasteiger partial charge in [-0.3, -0.25) is 0 Å². The van der Waals surface area contributed by atoms with Crippen LogP contribution in [0, 0.1) is 11.3 Å². The van der Waals surface area contributed by atoms with Crippen molar-refractivity contribution in [1.29, 1.82) is 5.26 Å². The van der Waals surface area contributed by atoms with Crippen molar-refractivity contribution in [3.8, 4) is 6.07 Å². The van der Waals surface area contributed by atoms with E-state index < -0.39 is 17.2 Å². The van der Waals surface area contributed by atoms with Crippen molar-refractivity contribution in [3.05, 3.63) is 35.4 Å².